The van der Waals surface area contributed by atoms with Crippen molar-refractivity contribution in [3.05, 3.63) is 58.6 Å². The van der Waals surface area contributed by atoms with E-state index in [2.05, 4.69) is 0 Å². The number of rotatable bonds is 5. The number of sulfone groups is 1. The molecule has 1 amide bonds. The summed E-state index contributed by atoms with van der Waals surface area (Å²) < 4.78 is 32.3. The van der Waals surface area contributed by atoms with Crippen LogP contribution in [0.25, 0.3) is 0 Å². The summed E-state index contributed by atoms with van der Waals surface area (Å²) in [6, 6.07) is 12.0. The molecule has 2 aromatic rings. The number of amides is 1. The molecule has 0 unspecified atom stereocenters. The second-order valence-corrected chi connectivity index (χ2v) is 12.8. The van der Waals surface area contributed by atoms with Gasteiger partial charge in [-0.1, -0.05) is 44.5 Å². The molecule has 0 spiro atoms. The van der Waals surface area contributed by atoms with Gasteiger partial charge in [0.05, 0.1) is 4.90 Å². The first-order chi connectivity index (χ1) is 15.3. The molecule has 0 radical (unpaired) electrons. The van der Waals surface area contributed by atoms with Crippen molar-refractivity contribution in [3.8, 4) is 0 Å². The molecule has 0 aliphatic carbocycles. The maximum atomic E-state index is 13.9. The fourth-order valence-electron chi connectivity index (χ4n) is 4.45. The van der Waals surface area contributed by atoms with Crippen LogP contribution in [0.15, 0.2) is 47.4 Å². The Morgan fingerprint density at radius 1 is 1.06 bits per heavy atom. The highest BCUT2D eigenvalue weighted by Gasteiger charge is 2.47. The number of anilines is 1. The van der Waals surface area contributed by atoms with Crippen molar-refractivity contribution in [1.29, 1.82) is 0 Å². The summed E-state index contributed by atoms with van der Waals surface area (Å²) in [5, 5.41) is 0.493. The van der Waals surface area contributed by atoms with E-state index >= 15 is 0 Å². The lowest BCUT2D eigenvalue weighted by Crippen LogP contribution is -2.44. The van der Waals surface area contributed by atoms with Crippen LogP contribution in [0, 0.1) is 12.3 Å². The van der Waals surface area contributed by atoms with Crippen LogP contribution in [0.3, 0.4) is 0 Å². The average Bonchev–Trinajstić information content (AvgIpc) is 2.74. The zero-order valence-corrected chi connectivity index (χ0v) is 21.9. The quantitative estimate of drug-likeness (QED) is 0.521. The summed E-state index contributed by atoms with van der Waals surface area (Å²) in [4.78, 5) is 15.2. The van der Waals surface area contributed by atoms with Gasteiger partial charge in [-0.3, -0.25) is 4.79 Å². The van der Waals surface area contributed by atoms with E-state index in [1.807, 2.05) is 64.6 Å². The minimum absolute atomic E-state index is 0.0305. The van der Waals surface area contributed by atoms with Gasteiger partial charge in [-0.15, -0.1) is 0 Å². The Kier molecular flexibility index (Phi) is 7.33. The molecule has 1 heterocycles. The van der Waals surface area contributed by atoms with Gasteiger partial charge in [0, 0.05) is 35.4 Å². The van der Waals surface area contributed by atoms with Crippen molar-refractivity contribution >= 4 is 33.0 Å². The molecule has 7 heteroatoms. The van der Waals surface area contributed by atoms with E-state index in [4.69, 9.17) is 16.3 Å². The van der Waals surface area contributed by atoms with Gasteiger partial charge in [-0.25, -0.2) is 8.42 Å². The van der Waals surface area contributed by atoms with Gasteiger partial charge in [-0.05, 0) is 75.1 Å². The molecule has 0 N–H and O–H groups in total. The standard InChI is InChI=1S/C26H34ClNO4S/c1-18(2)28(24(29)25(4,5)6)23-12-7-20(17-19(23)3)26(13-15-32-16-14-26)33(30,31)22-10-8-21(27)9-11-22/h7-12,17-18H,13-16H2,1-6H3. The molecular formula is C26H34ClNO4S. The first-order valence-electron chi connectivity index (χ1n) is 11.3. The Balaban J connectivity index is 2.13. The number of carbonyl (C=O) groups excluding carboxylic acids is 1. The molecule has 1 aliphatic rings. The molecule has 5 nitrogen and oxygen atoms in total. The Bertz CT molecular complexity index is 1110. The third-order valence-electron chi connectivity index (χ3n) is 6.30. The molecular weight excluding hydrogens is 458 g/mol. The van der Waals surface area contributed by atoms with Crippen LogP contribution < -0.4 is 4.90 Å². The fourth-order valence-corrected chi connectivity index (χ4v) is 6.66. The van der Waals surface area contributed by atoms with Gasteiger partial charge in [0.15, 0.2) is 9.84 Å². The number of hydrogen-bond acceptors (Lipinski definition) is 4. The Hall–Kier alpha value is -1.89. The molecule has 0 saturated carbocycles. The molecule has 1 saturated heterocycles. The molecule has 0 aromatic heterocycles. The van der Waals surface area contributed by atoms with Crippen molar-refractivity contribution in [2.75, 3.05) is 18.1 Å². The Morgan fingerprint density at radius 3 is 2.12 bits per heavy atom. The fraction of sp³-hybridized carbons (Fsp3) is 0.500. The second-order valence-electron chi connectivity index (χ2n) is 10.1. The summed E-state index contributed by atoms with van der Waals surface area (Å²) in [6.07, 6.45) is 0.733. The molecule has 2 aromatic carbocycles. The third kappa shape index (κ3) is 4.84. The van der Waals surface area contributed by atoms with Crippen molar-refractivity contribution in [1.82, 2.24) is 0 Å². The van der Waals surface area contributed by atoms with Crippen LogP contribution in [-0.2, 0) is 24.1 Å². The lowest BCUT2D eigenvalue weighted by molar-refractivity contribution is -0.126. The molecule has 1 fully saturated rings. The second kappa shape index (κ2) is 9.40. The molecule has 180 valence electrons. The zero-order valence-electron chi connectivity index (χ0n) is 20.3. The number of halogens is 1. The average molecular weight is 492 g/mol. The number of benzene rings is 2. The monoisotopic (exact) mass is 491 g/mol. The summed E-state index contributed by atoms with van der Waals surface area (Å²) >= 11 is 6.00. The van der Waals surface area contributed by atoms with E-state index in [1.165, 1.54) is 0 Å². The van der Waals surface area contributed by atoms with Gasteiger partial charge in [-0.2, -0.15) is 0 Å². The highest BCUT2D eigenvalue weighted by molar-refractivity contribution is 7.92. The van der Waals surface area contributed by atoms with E-state index in [-0.39, 0.29) is 16.8 Å². The smallest absolute Gasteiger partial charge is 0.232 e. The molecule has 33 heavy (non-hydrogen) atoms. The highest BCUT2D eigenvalue weighted by Crippen LogP contribution is 2.45. The minimum atomic E-state index is -3.72. The topological polar surface area (TPSA) is 63.7 Å². The van der Waals surface area contributed by atoms with Gasteiger partial charge < -0.3 is 9.64 Å². The first-order valence-corrected chi connectivity index (χ1v) is 13.2. The Morgan fingerprint density at radius 2 is 1.64 bits per heavy atom. The summed E-state index contributed by atoms with van der Waals surface area (Å²) in [5.74, 6) is 0.0305. The van der Waals surface area contributed by atoms with Crippen LogP contribution in [0.1, 0.15) is 58.6 Å². The summed E-state index contributed by atoms with van der Waals surface area (Å²) in [6.45, 7) is 12.4. The van der Waals surface area contributed by atoms with Crippen molar-refractivity contribution < 1.29 is 17.9 Å². The van der Waals surface area contributed by atoms with Crippen molar-refractivity contribution in [3.63, 3.8) is 0 Å². The Labute approximate surface area is 203 Å². The van der Waals surface area contributed by atoms with Gasteiger partial charge in [0.2, 0.25) is 5.91 Å². The number of hydrogen-bond donors (Lipinski definition) is 0. The molecule has 3 rings (SSSR count). The van der Waals surface area contributed by atoms with Crippen molar-refractivity contribution in [2.45, 2.75) is 70.1 Å². The van der Waals surface area contributed by atoms with Crippen LogP contribution in [0.2, 0.25) is 5.02 Å². The zero-order chi connectivity index (χ0) is 24.6. The van der Waals surface area contributed by atoms with E-state index in [1.54, 1.807) is 24.3 Å². The maximum Gasteiger partial charge on any atom is 0.232 e. The van der Waals surface area contributed by atoms with E-state index < -0.39 is 20.0 Å². The highest BCUT2D eigenvalue weighted by atomic mass is 35.5. The number of ether oxygens (including phenoxy) is 1. The predicted octanol–water partition coefficient (Wildman–Crippen LogP) is 5.92. The van der Waals surface area contributed by atoms with Crippen LogP contribution >= 0.6 is 11.6 Å². The molecule has 1 aliphatic heterocycles. The number of aryl methyl sites for hydroxylation is 1. The van der Waals surface area contributed by atoms with Crippen LogP contribution in [-0.4, -0.2) is 33.6 Å². The molecule has 0 atom stereocenters. The largest absolute Gasteiger partial charge is 0.381 e. The first kappa shape index (κ1) is 25.7. The van der Waals surface area contributed by atoms with Gasteiger partial charge in [0.25, 0.3) is 0 Å². The summed E-state index contributed by atoms with van der Waals surface area (Å²) in [7, 11) is -3.72. The predicted molar refractivity (Wildman–Crippen MR) is 134 cm³/mol. The van der Waals surface area contributed by atoms with Crippen molar-refractivity contribution in [2.24, 2.45) is 5.41 Å². The van der Waals surface area contributed by atoms with Gasteiger partial charge in [0.1, 0.15) is 4.75 Å². The number of nitrogens with zero attached hydrogens (tertiary/aromatic N) is 1. The number of carbonyl (C=O) groups is 1. The molecule has 0 bridgehead atoms. The maximum absolute atomic E-state index is 13.9. The summed E-state index contributed by atoms with van der Waals surface area (Å²) in [5.41, 5.74) is 1.87. The van der Waals surface area contributed by atoms with Gasteiger partial charge >= 0.3 is 0 Å². The third-order valence-corrected chi connectivity index (χ3v) is 9.12. The van der Waals surface area contributed by atoms with Crippen LogP contribution in [0.4, 0.5) is 5.69 Å². The SMILES string of the molecule is Cc1cc(C2(S(=O)(=O)c3ccc(Cl)cc3)CCOCC2)ccc1N(C(=O)C(C)(C)C)C(C)C. The lowest BCUT2D eigenvalue weighted by atomic mass is 9.88. The van der Waals surface area contributed by atoms with E-state index in [0.29, 0.717) is 31.1 Å². The van der Waals surface area contributed by atoms with E-state index in [0.717, 1.165) is 16.8 Å². The minimum Gasteiger partial charge on any atom is -0.381 e. The lowest BCUT2D eigenvalue weighted by Gasteiger charge is -2.38. The van der Waals surface area contributed by atoms with Crippen LogP contribution in [0.5, 0.6) is 0 Å². The normalized spacial score (nSPS) is 16.6. The van der Waals surface area contributed by atoms with E-state index in [9.17, 15) is 13.2 Å².